The first-order valence-electron chi connectivity index (χ1n) is 11.5. The molecule has 5 atom stereocenters. The van der Waals surface area contributed by atoms with Crippen LogP contribution in [0.25, 0.3) is 6.08 Å². The van der Waals surface area contributed by atoms with Crippen LogP contribution in [-0.2, 0) is 21.4 Å². The summed E-state index contributed by atoms with van der Waals surface area (Å²) in [6.07, 6.45) is 18.4. The number of rotatable bonds is 5. The quantitative estimate of drug-likeness (QED) is 0.284. The fraction of sp³-hybridized carbons (Fsp3) is 0.577. The van der Waals surface area contributed by atoms with Crippen molar-refractivity contribution in [2.75, 3.05) is 0 Å². The van der Waals surface area contributed by atoms with Gasteiger partial charge in [-0.1, -0.05) is 37.6 Å². The Morgan fingerprint density at radius 2 is 2.00 bits per heavy atom. The molecule has 0 bridgehead atoms. The van der Waals surface area contributed by atoms with Crippen LogP contribution in [0.3, 0.4) is 0 Å². The number of imidazole rings is 1. The van der Waals surface area contributed by atoms with E-state index in [0.717, 1.165) is 37.7 Å². The van der Waals surface area contributed by atoms with Gasteiger partial charge in [-0.15, -0.1) is 0 Å². The third kappa shape index (κ3) is 6.28. The molecule has 0 radical (unpaired) electrons. The van der Waals surface area contributed by atoms with Crippen molar-refractivity contribution in [3.63, 3.8) is 0 Å². The molecule has 5 nitrogen and oxygen atoms in total. The molecule has 0 saturated heterocycles. The highest BCUT2D eigenvalue weighted by Gasteiger charge is 2.38. The molecule has 1 aromatic rings. The number of esters is 1. The third-order valence-electron chi connectivity index (χ3n) is 6.91. The van der Waals surface area contributed by atoms with Crippen LogP contribution in [0.1, 0.15) is 58.6 Å². The maximum atomic E-state index is 12.5. The largest absolute Gasteiger partial charge is 0.459 e. The van der Waals surface area contributed by atoms with E-state index >= 15 is 0 Å². The number of aryl methyl sites for hydroxylation is 1. The molecule has 0 aromatic carbocycles. The van der Waals surface area contributed by atoms with E-state index in [2.05, 4.69) is 44.0 Å². The van der Waals surface area contributed by atoms with Crippen molar-refractivity contribution < 1.29 is 14.3 Å². The Bertz CT molecular complexity index is 849. The SMILES string of the molecule is CC1=CC[C@H](C(C)C)[C@H]2CC(C=O)CC=CC[C@@H](OC(=O)C=Cc3cn(C)cn3)C[C@@H]12. The van der Waals surface area contributed by atoms with Gasteiger partial charge in [0, 0.05) is 31.7 Å². The summed E-state index contributed by atoms with van der Waals surface area (Å²) >= 11 is 0. The summed E-state index contributed by atoms with van der Waals surface area (Å²) in [5, 5.41) is 0. The number of fused-ring (bicyclic) bond motifs is 1. The van der Waals surface area contributed by atoms with E-state index < -0.39 is 0 Å². The third-order valence-corrected chi connectivity index (χ3v) is 6.91. The average molecular weight is 425 g/mol. The number of nitrogens with zero attached hydrogens (tertiary/aromatic N) is 2. The molecule has 168 valence electrons. The summed E-state index contributed by atoms with van der Waals surface area (Å²) in [7, 11) is 1.89. The first-order chi connectivity index (χ1) is 14.9. The number of aromatic nitrogens is 2. The summed E-state index contributed by atoms with van der Waals surface area (Å²) in [6, 6.07) is 0. The number of allylic oxidation sites excluding steroid dienone is 3. The van der Waals surface area contributed by atoms with E-state index in [9.17, 15) is 9.59 Å². The van der Waals surface area contributed by atoms with E-state index in [-0.39, 0.29) is 18.0 Å². The molecule has 2 aliphatic rings. The van der Waals surface area contributed by atoms with Gasteiger partial charge < -0.3 is 14.1 Å². The lowest BCUT2D eigenvalue weighted by Crippen LogP contribution is -2.36. The van der Waals surface area contributed by atoms with E-state index in [1.54, 1.807) is 12.4 Å². The van der Waals surface area contributed by atoms with Crippen molar-refractivity contribution in [2.45, 2.75) is 59.0 Å². The second-order valence-electron chi connectivity index (χ2n) is 9.53. The fourth-order valence-corrected chi connectivity index (χ4v) is 5.18. The smallest absolute Gasteiger partial charge is 0.331 e. The lowest BCUT2D eigenvalue weighted by molar-refractivity contribution is -0.143. The summed E-state index contributed by atoms with van der Waals surface area (Å²) in [6.45, 7) is 6.77. The summed E-state index contributed by atoms with van der Waals surface area (Å²) in [4.78, 5) is 28.5. The Kier molecular flexibility index (Phi) is 8.05. The Hall–Kier alpha value is -2.43. The summed E-state index contributed by atoms with van der Waals surface area (Å²) in [5.74, 6) is 1.63. The molecule has 0 fully saturated rings. The maximum Gasteiger partial charge on any atom is 0.331 e. The lowest BCUT2D eigenvalue weighted by Gasteiger charge is -2.42. The Morgan fingerprint density at radius 3 is 2.68 bits per heavy atom. The molecule has 0 aliphatic heterocycles. The lowest BCUT2D eigenvalue weighted by atomic mass is 9.63. The van der Waals surface area contributed by atoms with Crippen LogP contribution in [0.4, 0.5) is 0 Å². The van der Waals surface area contributed by atoms with E-state index in [0.29, 0.717) is 30.1 Å². The molecular weight excluding hydrogens is 388 g/mol. The molecule has 0 amide bonds. The molecule has 0 N–H and O–H groups in total. The van der Waals surface area contributed by atoms with Gasteiger partial charge in [0.05, 0.1) is 12.0 Å². The number of carbonyl (C=O) groups is 2. The molecule has 0 saturated carbocycles. The van der Waals surface area contributed by atoms with Crippen LogP contribution in [-0.4, -0.2) is 27.9 Å². The van der Waals surface area contributed by atoms with Crippen LogP contribution >= 0.6 is 0 Å². The number of aldehydes is 1. The Labute approximate surface area is 186 Å². The highest BCUT2D eigenvalue weighted by molar-refractivity contribution is 5.86. The predicted octanol–water partition coefficient (Wildman–Crippen LogP) is 5.15. The normalized spacial score (nSPS) is 29.5. The summed E-state index contributed by atoms with van der Waals surface area (Å²) in [5.41, 5.74) is 2.11. The van der Waals surface area contributed by atoms with Gasteiger partial charge in [-0.05, 0) is 62.4 Å². The second-order valence-corrected chi connectivity index (χ2v) is 9.53. The van der Waals surface area contributed by atoms with Crippen molar-refractivity contribution in [3.8, 4) is 0 Å². The van der Waals surface area contributed by atoms with E-state index in [1.165, 1.54) is 11.6 Å². The number of hydrogen-bond donors (Lipinski definition) is 0. The van der Waals surface area contributed by atoms with Crippen molar-refractivity contribution in [1.82, 2.24) is 9.55 Å². The van der Waals surface area contributed by atoms with Gasteiger partial charge in [-0.25, -0.2) is 9.78 Å². The van der Waals surface area contributed by atoms with Gasteiger partial charge in [0.1, 0.15) is 12.4 Å². The minimum Gasteiger partial charge on any atom is -0.459 e. The monoisotopic (exact) mass is 424 g/mol. The Balaban J connectivity index is 1.78. The zero-order chi connectivity index (χ0) is 22.4. The predicted molar refractivity (Wildman–Crippen MR) is 123 cm³/mol. The van der Waals surface area contributed by atoms with Crippen LogP contribution < -0.4 is 0 Å². The fourth-order valence-electron chi connectivity index (χ4n) is 5.18. The number of hydrogen-bond acceptors (Lipinski definition) is 4. The molecule has 31 heavy (non-hydrogen) atoms. The minimum atomic E-state index is -0.332. The molecule has 1 unspecified atom stereocenters. The molecule has 1 heterocycles. The summed E-state index contributed by atoms with van der Waals surface area (Å²) < 4.78 is 7.73. The van der Waals surface area contributed by atoms with E-state index in [4.69, 9.17) is 4.74 Å². The van der Waals surface area contributed by atoms with Gasteiger partial charge in [0.15, 0.2) is 0 Å². The second kappa shape index (κ2) is 10.7. The zero-order valence-electron chi connectivity index (χ0n) is 19.2. The highest BCUT2D eigenvalue weighted by Crippen LogP contribution is 2.45. The van der Waals surface area contributed by atoms with Gasteiger partial charge in [0.2, 0.25) is 0 Å². The van der Waals surface area contributed by atoms with Crippen LogP contribution in [0.5, 0.6) is 0 Å². The highest BCUT2D eigenvalue weighted by atomic mass is 16.5. The average Bonchev–Trinajstić information content (AvgIpc) is 3.15. The standard InChI is InChI=1S/C26H36N2O3/c1-18(2)23-11-9-19(3)24-14-22(8-6-5-7-20(16-29)13-25(23)24)31-26(30)12-10-21-15-28(4)17-27-21/h5-6,9-10,12,15-18,20,22-25H,7-8,11,13-14H2,1-4H3/t20?,22-,23-,24+,25-/m1/s1. The first kappa shape index (κ1) is 23.2. The van der Waals surface area contributed by atoms with Crippen molar-refractivity contribution in [1.29, 1.82) is 0 Å². The van der Waals surface area contributed by atoms with E-state index in [1.807, 2.05) is 17.8 Å². The van der Waals surface area contributed by atoms with Gasteiger partial charge >= 0.3 is 5.97 Å². The molecule has 1 aromatic heterocycles. The maximum absolute atomic E-state index is 12.5. The number of ether oxygens (including phenoxy) is 1. The van der Waals surface area contributed by atoms with Crippen molar-refractivity contribution >= 4 is 18.3 Å². The van der Waals surface area contributed by atoms with Gasteiger partial charge in [-0.2, -0.15) is 0 Å². The molecule has 3 rings (SSSR count). The molecule has 2 aliphatic carbocycles. The van der Waals surface area contributed by atoms with Gasteiger partial charge in [0.25, 0.3) is 0 Å². The number of carbonyl (C=O) groups excluding carboxylic acids is 2. The molecule has 0 spiro atoms. The molecular formula is C26H36N2O3. The zero-order valence-corrected chi connectivity index (χ0v) is 19.2. The minimum absolute atomic E-state index is 0.0660. The molecule has 5 heteroatoms. The van der Waals surface area contributed by atoms with Crippen LogP contribution in [0.2, 0.25) is 0 Å². The first-order valence-corrected chi connectivity index (χ1v) is 11.5. The van der Waals surface area contributed by atoms with Crippen LogP contribution in [0.15, 0.2) is 42.4 Å². The van der Waals surface area contributed by atoms with Crippen molar-refractivity contribution in [2.24, 2.45) is 36.6 Å². The van der Waals surface area contributed by atoms with Crippen molar-refractivity contribution in [3.05, 3.63) is 48.1 Å². The van der Waals surface area contributed by atoms with Crippen LogP contribution in [0, 0.1) is 29.6 Å². The Morgan fingerprint density at radius 1 is 1.23 bits per heavy atom. The van der Waals surface area contributed by atoms with Gasteiger partial charge in [-0.3, -0.25) is 0 Å². The topological polar surface area (TPSA) is 61.2 Å².